The molecular weight excluding hydrogens is 287 g/mol. The van der Waals surface area contributed by atoms with Crippen molar-refractivity contribution >= 4 is 11.6 Å². The fourth-order valence-electron chi connectivity index (χ4n) is 3.16. The van der Waals surface area contributed by atoms with Crippen LogP contribution in [0.15, 0.2) is 18.3 Å². The van der Waals surface area contributed by atoms with Gasteiger partial charge in [-0.05, 0) is 24.6 Å². The lowest BCUT2D eigenvalue weighted by Crippen LogP contribution is -2.47. The molecule has 0 radical (unpaired) electrons. The van der Waals surface area contributed by atoms with E-state index in [4.69, 9.17) is 4.74 Å². The molecule has 2 aliphatic heterocycles. The summed E-state index contributed by atoms with van der Waals surface area (Å²) in [6, 6.07) is 3.67. The highest BCUT2D eigenvalue weighted by molar-refractivity contribution is 5.93. The number of hydrogen-bond donors (Lipinski definition) is 1. The molecule has 1 N–H and O–H groups in total. The molecule has 2 fully saturated rings. The van der Waals surface area contributed by atoms with Gasteiger partial charge in [0.1, 0.15) is 5.65 Å². The number of carbonyl (C=O) groups excluding carboxylic acids is 1. The minimum atomic E-state index is -0.608. The third kappa shape index (κ3) is 2.08. The number of likely N-dealkylation sites (tertiary alicyclic amines) is 1. The van der Waals surface area contributed by atoms with Crippen molar-refractivity contribution in [2.24, 2.45) is 0 Å². The highest BCUT2D eigenvalue weighted by atomic mass is 19.1. The second kappa shape index (κ2) is 5.03. The highest BCUT2D eigenvalue weighted by Crippen LogP contribution is 2.20. The van der Waals surface area contributed by atoms with E-state index in [1.807, 2.05) is 6.92 Å². The summed E-state index contributed by atoms with van der Waals surface area (Å²) in [5, 5.41) is 3.33. The molecule has 116 valence electrons. The Balaban J connectivity index is 1.64. The smallest absolute Gasteiger partial charge is 0.277 e. The number of fused-ring (bicyclic) bond motifs is 2. The van der Waals surface area contributed by atoms with Crippen molar-refractivity contribution in [2.45, 2.75) is 19.1 Å². The zero-order valence-corrected chi connectivity index (χ0v) is 12.3. The standard InChI is InChI=1S/C15H17FN4O2/c1-9-2-4-20-12(6-9)18-13(14(20)16)15(21)19-7-10-11(8-19)22-5-3-17-10/h2,4,6,10-11,17H,3,5,7-8H2,1H3/t10-,11-/m0/s1. The van der Waals surface area contributed by atoms with Gasteiger partial charge in [0.15, 0.2) is 5.69 Å². The third-order valence-corrected chi connectivity index (χ3v) is 4.32. The van der Waals surface area contributed by atoms with E-state index in [1.165, 1.54) is 4.40 Å². The first kappa shape index (κ1) is 13.7. The Labute approximate surface area is 126 Å². The number of morpholine rings is 1. The average Bonchev–Trinajstić information content (AvgIpc) is 3.08. The lowest BCUT2D eigenvalue weighted by molar-refractivity contribution is 0.0175. The molecule has 2 atom stereocenters. The molecule has 2 aromatic heterocycles. The van der Waals surface area contributed by atoms with Crippen LogP contribution in [0.2, 0.25) is 0 Å². The largest absolute Gasteiger partial charge is 0.373 e. The van der Waals surface area contributed by atoms with Gasteiger partial charge in [0.05, 0.1) is 18.8 Å². The Morgan fingerprint density at radius 2 is 2.36 bits per heavy atom. The van der Waals surface area contributed by atoms with Gasteiger partial charge in [-0.15, -0.1) is 0 Å². The van der Waals surface area contributed by atoms with Gasteiger partial charge in [-0.3, -0.25) is 9.20 Å². The van der Waals surface area contributed by atoms with Crippen molar-refractivity contribution in [2.75, 3.05) is 26.2 Å². The van der Waals surface area contributed by atoms with Crippen LogP contribution in [0.5, 0.6) is 0 Å². The summed E-state index contributed by atoms with van der Waals surface area (Å²) in [7, 11) is 0. The van der Waals surface area contributed by atoms with Crippen LogP contribution in [0.25, 0.3) is 5.65 Å². The van der Waals surface area contributed by atoms with E-state index in [0.717, 1.165) is 12.1 Å². The Kier molecular flexibility index (Phi) is 3.12. The van der Waals surface area contributed by atoms with Crippen molar-refractivity contribution in [3.05, 3.63) is 35.5 Å². The Morgan fingerprint density at radius 3 is 3.18 bits per heavy atom. The topological polar surface area (TPSA) is 58.9 Å². The lowest BCUT2D eigenvalue weighted by Gasteiger charge is -2.25. The number of ether oxygens (including phenoxy) is 1. The SMILES string of the molecule is Cc1ccn2c(F)c(C(=O)N3C[C@@H]4NCCO[C@H]4C3)nc2c1. The molecule has 6 nitrogen and oxygen atoms in total. The van der Waals surface area contributed by atoms with Crippen molar-refractivity contribution < 1.29 is 13.9 Å². The summed E-state index contributed by atoms with van der Waals surface area (Å²) in [5.41, 5.74) is 1.30. The summed E-state index contributed by atoms with van der Waals surface area (Å²) in [4.78, 5) is 18.4. The van der Waals surface area contributed by atoms with E-state index >= 15 is 0 Å². The van der Waals surface area contributed by atoms with Gasteiger partial charge in [-0.2, -0.15) is 4.39 Å². The minimum absolute atomic E-state index is 0.0139. The molecule has 2 aliphatic rings. The fourth-order valence-corrected chi connectivity index (χ4v) is 3.16. The Hall–Kier alpha value is -1.99. The zero-order valence-electron chi connectivity index (χ0n) is 12.3. The maximum Gasteiger partial charge on any atom is 0.277 e. The van der Waals surface area contributed by atoms with Crippen LogP contribution in [-0.2, 0) is 4.74 Å². The molecule has 4 rings (SSSR count). The lowest BCUT2D eigenvalue weighted by atomic mass is 10.2. The van der Waals surface area contributed by atoms with E-state index in [-0.39, 0.29) is 23.7 Å². The fraction of sp³-hybridized carbons (Fsp3) is 0.467. The molecule has 0 aliphatic carbocycles. The molecule has 1 amide bonds. The molecule has 2 saturated heterocycles. The second-order valence-corrected chi connectivity index (χ2v) is 5.86. The van der Waals surface area contributed by atoms with Crippen LogP contribution in [0.3, 0.4) is 0 Å². The molecular formula is C15H17FN4O2. The van der Waals surface area contributed by atoms with E-state index in [9.17, 15) is 9.18 Å². The molecule has 0 spiro atoms. The normalized spacial score (nSPS) is 24.7. The van der Waals surface area contributed by atoms with Gasteiger partial charge >= 0.3 is 0 Å². The number of nitrogens with one attached hydrogen (secondary N) is 1. The number of carbonyl (C=O) groups is 1. The number of pyridine rings is 1. The number of nitrogens with zero attached hydrogens (tertiary/aromatic N) is 3. The first-order chi connectivity index (χ1) is 10.6. The van der Waals surface area contributed by atoms with Gasteiger partial charge in [0.2, 0.25) is 5.95 Å². The summed E-state index contributed by atoms with van der Waals surface area (Å²) >= 11 is 0. The van der Waals surface area contributed by atoms with Crippen molar-refractivity contribution in [3.63, 3.8) is 0 Å². The number of imidazole rings is 1. The number of aromatic nitrogens is 2. The molecule has 0 saturated carbocycles. The van der Waals surface area contributed by atoms with Crippen molar-refractivity contribution in [1.29, 1.82) is 0 Å². The first-order valence-electron chi connectivity index (χ1n) is 7.42. The highest BCUT2D eigenvalue weighted by Gasteiger charge is 2.39. The van der Waals surface area contributed by atoms with Crippen molar-refractivity contribution in [3.8, 4) is 0 Å². The first-order valence-corrected chi connectivity index (χ1v) is 7.42. The average molecular weight is 304 g/mol. The van der Waals surface area contributed by atoms with Crippen LogP contribution in [0.4, 0.5) is 4.39 Å². The maximum absolute atomic E-state index is 14.4. The Morgan fingerprint density at radius 1 is 1.50 bits per heavy atom. The van der Waals surface area contributed by atoms with E-state index < -0.39 is 5.95 Å². The number of amides is 1. The molecule has 4 heterocycles. The van der Waals surface area contributed by atoms with Crippen LogP contribution < -0.4 is 5.32 Å². The van der Waals surface area contributed by atoms with E-state index in [0.29, 0.717) is 25.3 Å². The summed E-state index contributed by atoms with van der Waals surface area (Å²) in [5.74, 6) is -0.984. The number of aryl methyl sites for hydroxylation is 1. The molecule has 2 aromatic rings. The van der Waals surface area contributed by atoms with Gasteiger partial charge < -0.3 is 15.0 Å². The second-order valence-electron chi connectivity index (χ2n) is 5.86. The van der Waals surface area contributed by atoms with Crippen molar-refractivity contribution in [1.82, 2.24) is 19.6 Å². The summed E-state index contributed by atoms with van der Waals surface area (Å²) in [6.45, 7) is 4.33. The predicted molar refractivity (Wildman–Crippen MR) is 77.3 cm³/mol. The molecule has 0 unspecified atom stereocenters. The number of hydrogen-bond acceptors (Lipinski definition) is 4. The predicted octanol–water partition coefficient (Wildman–Crippen LogP) is 0.595. The van der Waals surface area contributed by atoms with Gasteiger partial charge in [-0.25, -0.2) is 4.98 Å². The monoisotopic (exact) mass is 304 g/mol. The van der Waals surface area contributed by atoms with E-state index in [2.05, 4.69) is 10.3 Å². The molecule has 7 heteroatoms. The quantitative estimate of drug-likeness (QED) is 0.838. The zero-order chi connectivity index (χ0) is 15.3. The summed E-state index contributed by atoms with van der Waals surface area (Å²) < 4.78 is 21.4. The summed E-state index contributed by atoms with van der Waals surface area (Å²) in [6.07, 6.45) is 1.58. The van der Waals surface area contributed by atoms with Crippen LogP contribution in [-0.4, -0.2) is 58.6 Å². The van der Waals surface area contributed by atoms with E-state index in [1.54, 1.807) is 23.2 Å². The number of rotatable bonds is 1. The van der Waals surface area contributed by atoms with Gasteiger partial charge in [0, 0.05) is 25.8 Å². The molecule has 0 aromatic carbocycles. The third-order valence-electron chi connectivity index (χ3n) is 4.32. The Bertz CT molecular complexity index is 730. The van der Waals surface area contributed by atoms with Crippen LogP contribution >= 0.6 is 0 Å². The van der Waals surface area contributed by atoms with Gasteiger partial charge in [0.25, 0.3) is 5.91 Å². The number of halogens is 1. The van der Waals surface area contributed by atoms with Crippen LogP contribution in [0.1, 0.15) is 16.1 Å². The molecule has 0 bridgehead atoms. The molecule has 22 heavy (non-hydrogen) atoms. The van der Waals surface area contributed by atoms with Gasteiger partial charge in [-0.1, -0.05) is 0 Å². The minimum Gasteiger partial charge on any atom is -0.373 e. The van der Waals surface area contributed by atoms with Crippen LogP contribution in [0, 0.1) is 12.9 Å². The maximum atomic E-state index is 14.4.